The van der Waals surface area contributed by atoms with Gasteiger partial charge in [0.15, 0.2) is 0 Å². The highest BCUT2D eigenvalue weighted by atomic mass is 32.3. The van der Waals surface area contributed by atoms with Crippen molar-refractivity contribution in [2.45, 2.75) is 0 Å². The summed E-state index contributed by atoms with van der Waals surface area (Å²) in [6, 6.07) is 0. The molecule has 1 saturated heterocycles. The van der Waals surface area contributed by atoms with Crippen LogP contribution < -0.4 is 0 Å². The van der Waals surface area contributed by atoms with Crippen LogP contribution in [0.15, 0.2) is 0 Å². The molecule has 0 unspecified atom stereocenters. The molecule has 1 aliphatic rings. The minimum absolute atomic E-state index is 1.10. The Labute approximate surface area is 52.5 Å². The highest BCUT2D eigenvalue weighted by Gasteiger charge is 2.45. The van der Waals surface area contributed by atoms with E-state index < -0.39 is 9.35 Å². The molecule has 0 saturated carbocycles. The van der Waals surface area contributed by atoms with Gasteiger partial charge in [0.25, 0.3) is 0 Å². The zero-order chi connectivity index (χ0) is 6.44. The molecule has 1 rings (SSSR count). The number of nitrogens with zero attached hydrogens (tertiary/aromatic N) is 1. The Balaban J connectivity index is 2.67. The topological polar surface area (TPSA) is 3.24 Å². The first-order chi connectivity index (χ1) is 3.44. The number of rotatable bonds is 1. The lowest BCUT2D eigenvalue weighted by atomic mass is 11.0. The van der Waals surface area contributed by atoms with Gasteiger partial charge in [-0.1, -0.05) is 0 Å². The summed E-state index contributed by atoms with van der Waals surface area (Å²) in [6.45, 7) is 0. The summed E-state index contributed by atoms with van der Waals surface area (Å²) in [6.07, 6.45) is 4.90. The minimum Gasteiger partial charge on any atom is -0.289 e. The molecular weight excluding hydrogens is 118 g/mol. The van der Waals surface area contributed by atoms with E-state index in [1.54, 1.807) is 0 Å². The van der Waals surface area contributed by atoms with E-state index in [2.05, 4.69) is 30.9 Å². The summed E-state index contributed by atoms with van der Waals surface area (Å²) >= 11 is 0. The van der Waals surface area contributed by atoms with E-state index in [-0.39, 0.29) is 0 Å². The van der Waals surface area contributed by atoms with Crippen molar-refractivity contribution in [3.05, 3.63) is 0 Å². The maximum Gasteiger partial charge on any atom is -0.00601 e. The first kappa shape index (κ1) is 6.43. The van der Waals surface area contributed by atoms with Gasteiger partial charge >= 0.3 is 0 Å². The Morgan fingerprint density at radius 3 is 1.50 bits per heavy atom. The molecule has 0 aromatic rings. The van der Waals surface area contributed by atoms with Gasteiger partial charge in [-0.05, 0) is 38.1 Å². The molecule has 1 nitrogen and oxygen atoms in total. The standard InChI is InChI=1S/C6H17NS/c1-7(2)8(3,4)5-6-8/h8H,5-6H2,1-4H3. The van der Waals surface area contributed by atoms with Gasteiger partial charge in [0.2, 0.25) is 0 Å². The quantitative estimate of drug-likeness (QED) is 0.411. The van der Waals surface area contributed by atoms with Gasteiger partial charge in [-0.3, -0.25) is 4.31 Å². The van der Waals surface area contributed by atoms with Crippen LogP contribution in [0.4, 0.5) is 0 Å². The second kappa shape index (κ2) is 1.24. The predicted octanol–water partition coefficient (Wildman–Crippen LogP) is 0.809. The first-order valence-electron chi connectivity index (χ1n) is 3.12. The van der Waals surface area contributed by atoms with E-state index in [1.165, 1.54) is 11.5 Å². The zero-order valence-corrected chi connectivity index (χ0v) is 7.20. The van der Waals surface area contributed by atoms with Crippen LogP contribution in [-0.2, 0) is 0 Å². The van der Waals surface area contributed by atoms with Gasteiger partial charge in [0.1, 0.15) is 0 Å². The maximum atomic E-state index is 2.45. The average Bonchev–Trinajstić information content (AvgIpc) is 2.18. The van der Waals surface area contributed by atoms with Crippen molar-refractivity contribution in [2.75, 3.05) is 38.1 Å². The number of hydrogen-bond donors (Lipinski definition) is 1. The fraction of sp³-hybridized carbons (Fsp3) is 1.00. The Morgan fingerprint density at radius 2 is 1.50 bits per heavy atom. The van der Waals surface area contributed by atoms with Crippen LogP contribution in [0.1, 0.15) is 0 Å². The van der Waals surface area contributed by atoms with Crippen LogP contribution in [0.3, 0.4) is 0 Å². The predicted molar refractivity (Wildman–Crippen MR) is 44.3 cm³/mol. The van der Waals surface area contributed by atoms with Crippen molar-refractivity contribution in [3.63, 3.8) is 0 Å². The summed E-state index contributed by atoms with van der Waals surface area (Å²) < 4.78 is 2.45. The van der Waals surface area contributed by atoms with Crippen molar-refractivity contribution in [2.24, 2.45) is 0 Å². The molecule has 0 aromatic heterocycles. The SMILES string of the molecule is CN(C)[SH]1(C)(C)CC1. The van der Waals surface area contributed by atoms with E-state index in [9.17, 15) is 0 Å². The summed E-state index contributed by atoms with van der Waals surface area (Å²) in [5.41, 5.74) is 0. The largest absolute Gasteiger partial charge is 0.289 e. The lowest BCUT2D eigenvalue weighted by molar-refractivity contribution is 0.684. The van der Waals surface area contributed by atoms with Gasteiger partial charge in [-0.25, -0.2) is 9.35 Å². The van der Waals surface area contributed by atoms with E-state index >= 15 is 0 Å². The van der Waals surface area contributed by atoms with Gasteiger partial charge < -0.3 is 0 Å². The Bertz CT molecular complexity index is 110. The highest BCUT2D eigenvalue weighted by Crippen LogP contribution is 2.76. The first-order valence-corrected chi connectivity index (χ1v) is 6.58. The third kappa shape index (κ3) is 0.759. The minimum atomic E-state index is -1.10. The van der Waals surface area contributed by atoms with Crippen molar-refractivity contribution in [1.29, 1.82) is 0 Å². The van der Waals surface area contributed by atoms with Gasteiger partial charge in [0, 0.05) is 0 Å². The summed E-state index contributed by atoms with van der Waals surface area (Å²) in [4.78, 5) is 0. The fourth-order valence-corrected chi connectivity index (χ4v) is 3.40. The average molecular weight is 135 g/mol. The van der Waals surface area contributed by atoms with Crippen LogP contribution in [0.5, 0.6) is 0 Å². The fourth-order valence-electron chi connectivity index (χ4n) is 0.645. The third-order valence-electron chi connectivity index (χ3n) is 2.68. The molecule has 1 heterocycles. The van der Waals surface area contributed by atoms with Crippen LogP contribution in [-0.4, -0.2) is 42.4 Å². The molecule has 0 radical (unpaired) electrons. The number of hydrogen-bond acceptors (Lipinski definition) is 1. The van der Waals surface area contributed by atoms with Crippen molar-refractivity contribution in [1.82, 2.24) is 4.31 Å². The summed E-state index contributed by atoms with van der Waals surface area (Å²) in [5.74, 6) is 2.97. The normalized spacial score (nSPS) is 35.9. The Morgan fingerprint density at radius 1 is 1.12 bits per heavy atom. The van der Waals surface area contributed by atoms with E-state index in [0.29, 0.717) is 0 Å². The van der Waals surface area contributed by atoms with Crippen molar-refractivity contribution < 1.29 is 0 Å². The van der Waals surface area contributed by atoms with Gasteiger partial charge in [-0.2, -0.15) is 0 Å². The van der Waals surface area contributed by atoms with Crippen molar-refractivity contribution >= 4 is 9.35 Å². The molecule has 0 aliphatic carbocycles. The molecule has 1 aliphatic heterocycles. The third-order valence-corrected chi connectivity index (χ3v) is 8.05. The second-order valence-electron chi connectivity index (χ2n) is 3.91. The van der Waals surface area contributed by atoms with Crippen LogP contribution in [0.25, 0.3) is 0 Å². The molecule has 0 amide bonds. The molecule has 1 fully saturated rings. The Hall–Kier alpha value is 0.310. The molecule has 0 bridgehead atoms. The molecule has 0 N–H and O–H groups in total. The lowest BCUT2D eigenvalue weighted by Gasteiger charge is -2.43. The molecule has 8 heavy (non-hydrogen) atoms. The monoisotopic (exact) mass is 135 g/mol. The molecule has 52 valence electrons. The van der Waals surface area contributed by atoms with Crippen molar-refractivity contribution in [3.8, 4) is 0 Å². The molecule has 0 aromatic carbocycles. The van der Waals surface area contributed by atoms with E-state index in [1.807, 2.05) is 0 Å². The molecule has 2 heteroatoms. The maximum absolute atomic E-state index is 2.45. The lowest BCUT2D eigenvalue weighted by Crippen LogP contribution is -2.19. The highest BCUT2D eigenvalue weighted by molar-refractivity contribution is 8.52. The van der Waals surface area contributed by atoms with Gasteiger partial charge in [-0.15, -0.1) is 0 Å². The van der Waals surface area contributed by atoms with Crippen LogP contribution in [0, 0.1) is 0 Å². The summed E-state index contributed by atoms with van der Waals surface area (Å²) in [7, 11) is 3.32. The molecule has 0 spiro atoms. The smallest absolute Gasteiger partial charge is 0.00601 e. The second-order valence-corrected chi connectivity index (χ2v) is 10.8. The molecular formula is C6H17NS. The summed E-state index contributed by atoms with van der Waals surface area (Å²) in [5, 5.41) is 0. The van der Waals surface area contributed by atoms with E-state index in [0.717, 1.165) is 0 Å². The zero-order valence-electron chi connectivity index (χ0n) is 6.31. The molecule has 0 atom stereocenters. The van der Waals surface area contributed by atoms with E-state index in [4.69, 9.17) is 0 Å². The Kier molecular flexibility index (Phi) is 0.998. The van der Waals surface area contributed by atoms with Crippen LogP contribution >= 0.6 is 9.35 Å². The van der Waals surface area contributed by atoms with Gasteiger partial charge in [0.05, 0.1) is 0 Å². The number of thiol groups is 1. The van der Waals surface area contributed by atoms with Crippen LogP contribution in [0.2, 0.25) is 0 Å².